The second-order valence-electron chi connectivity index (χ2n) is 6.06. The van der Waals surface area contributed by atoms with E-state index < -0.39 is 5.60 Å². The van der Waals surface area contributed by atoms with Gasteiger partial charge in [0, 0.05) is 31.4 Å². The van der Waals surface area contributed by atoms with Gasteiger partial charge in [0.25, 0.3) is 0 Å². The molecule has 1 aromatic carbocycles. The molecule has 1 saturated heterocycles. The van der Waals surface area contributed by atoms with Crippen molar-refractivity contribution in [3.8, 4) is 0 Å². The summed E-state index contributed by atoms with van der Waals surface area (Å²) in [6.07, 6.45) is 0.494. The predicted molar refractivity (Wildman–Crippen MR) is 88.0 cm³/mol. The van der Waals surface area contributed by atoms with Crippen LogP contribution in [0.2, 0.25) is 0 Å². The molecule has 6 heteroatoms. The largest absolute Gasteiger partial charge is 0.393 e. The highest BCUT2D eigenvalue weighted by molar-refractivity contribution is 7.09. The fourth-order valence-electron chi connectivity index (χ4n) is 3.05. The first-order valence-electron chi connectivity index (χ1n) is 7.71. The maximum atomic E-state index is 13.4. The number of halogens is 1. The van der Waals surface area contributed by atoms with Gasteiger partial charge in [-0.05, 0) is 24.6 Å². The average Bonchev–Trinajstić information content (AvgIpc) is 2.92. The number of benzene rings is 1. The summed E-state index contributed by atoms with van der Waals surface area (Å²) < 4.78 is 19.3. The molecule has 1 unspecified atom stereocenters. The molecule has 0 spiro atoms. The summed E-state index contributed by atoms with van der Waals surface area (Å²) in [5.41, 5.74) is 1.20. The van der Waals surface area contributed by atoms with Crippen LogP contribution in [0, 0.1) is 12.7 Å². The quantitative estimate of drug-likeness (QED) is 0.911. The summed E-state index contributed by atoms with van der Waals surface area (Å²) in [5, 5.41) is 13.0. The summed E-state index contributed by atoms with van der Waals surface area (Å²) in [4.78, 5) is 6.74. The number of morpholine rings is 1. The van der Waals surface area contributed by atoms with Gasteiger partial charge < -0.3 is 9.84 Å². The third-order valence-corrected chi connectivity index (χ3v) is 4.91. The molecule has 0 bridgehead atoms. The van der Waals surface area contributed by atoms with Gasteiger partial charge in [0.15, 0.2) is 0 Å². The first-order valence-corrected chi connectivity index (χ1v) is 8.59. The lowest BCUT2D eigenvalue weighted by Gasteiger charge is -2.41. The van der Waals surface area contributed by atoms with Crippen molar-refractivity contribution in [2.75, 3.05) is 26.3 Å². The third kappa shape index (κ3) is 4.14. The zero-order valence-electron chi connectivity index (χ0n) is 13.2. The normalized spacial score (nSPS) is 22.4. The molecule has 3 rings (SSSR count). The summed E-state index contributed by atoms with van der Waals surface area (Å²) >= 11 is 1.64. The number of aromatic nitrogens is 1. The predicted octanol–water partition coefficient (Wildman–Crippen LogP) is 2.40. The van der Waals surface area contributed by atoms with E-state index in [4.69, 9.17) is 4.74 Å². The molecule has 1 fully saturated rings. The van der Waals surface area contributed by atoms with Crippen LogP contribution >= 0.6 is 11.3 Å². The highest BCUT2D eigenvalue weighted by Crippen LogP contribution is 2.24. The van der Waals surface area contributed by atoms with Gasteiger partial charge in [-0.25, -0.2) is 9.37 Å². The Labute approximate surface area is 139 Å². The Balaban J connectivity index is 1.70. The van der Waals surface area contributed by atoms with Crippen LogP contribution in [0.5, 0.6) is 0 Å². The van der Waals surface area contributed by atoms with Crippen molar-refractivity contribution in [1.29, 1.82) is 0 Å². The zero-order valence-corrected chi connectivity index (χ0v) is 14.0. The van der Waals surface area contributed by atoms with Gasteiger partial charge in [-0.2, -0.15) is 0 Å². The lowest BCUT2D eigenvalue weighted by atomic mass is 9.93. The highest BCUT2D eigenvalue weighted by Gasteiger charge is 2.36. The Kier molecular flexibility index (Phi) is 5.06. The van der Waals surface area contributed by atoms with E-state index in [1.807, 2.05) is 13.0 Å². The summed E-state index contributed by atoms with van der Waals surface area (Å²) in [5.74, 6) is -0.263. The van der Waals surface area contributed by atoms with Crippen molar-refractivity contribution in [2.45, 2.75) is 25.5 Å². The Morgan fingerprint density at radius 1 is 1.48 bits per heavy atom. The molecule has 1 aliphatic rings. The van der Waals surface area contributed by atoms with Crippen LogP contribution < -0.4 is 0 Å². The average molecular weight is 336 g/mol. The fourth-order valence-corrected chi connectivity index (χ4v) is 3.65. The Hall–Kier alpha value is -1.34. The first-order chi connectivity index (χ1) is 11.1. The van der Waals surface area contributed by atoms with Crippen molar-refractivity contribution >= 4 is 11.3 Å². The summed E-state index contributed by atoms with van der Waals surface area (Å²) in [6.45, 7) is 4.63. The SMILES string of the molecule is Cc1nc(CN2CCOC(CO)(Cc3cccc(F)c3)C2)cs1. The summed E-state index contributed by atoms with van der Waals surface area (Å²) in [6, 6.07) is 6.48. The van der Waals surface area contributed by atoms with Crippen molar-refractivity contribution < 1.29 is 14.2 Å². The maximum Gasteiger partial charge on any atom is 0.123 e. The molecule has 0 aliphatic carbocycles. The van der Waals surface area contributed by atoms with E-state index in [1.54, 1.807) is 17.4 Å². The minimum atomic E-state index is -0.683. The Morgan fingerprint density at radius 2 is 2.35 bits per heavy atom. The number of hydrogen-bond donors (Lipinski definition) is 1. The maximum absolute atomic E-state index is 13.4. The lowest BCUT2D eigenvalue weighted by molar-refractivity contribution is -0.134. The molecule has 124 valence electrons. The van der Waals surface area contributed by atoms with Crippen LogP contribution in [0.25, 0.3) is 0 Å². The minimum absolute atomic E-state index is 0.0872. The van der Waals surface area contributed by atoms with Gasteiger partial charge >= 0.3 is 0 Å². The number of hydrogen-bond acceptors (Lipinski definition) is 5. The van der Waals surface area contributed by atoms with Crippen LogP contribution in [-0.4, -0.2) is 46.9 Å². The molecule has 0 amide bonds. The van der Waals surface area contributed by atoms with E-state index in [2.05, 4.69) is 15.3 Å². The van der Waals surface area contributed by atoms with Crippen LogP contribution in [0.15, 0.2) is 29.6 Å². The highest BCUT2D eigenvalue weighted by atomic mass is 32.1. The zero-order chi connectivity index (χ0) is 16.3. The van der Waals surface area contributed by atoms with Crippen LogP contribution in [0.3, 0.4) is 0 Å². The third-order valence-electron chi connectivity index (χ3n) is 4.08. The second kappa shape index (κ2) is 7.05. The molecule has 1 aliphatic heterocycles. The fraction of sp³-hybridized carbons (Fsp3) is 0.471. The molecule has 4 nitrogen and oxygen atoms in total. The van der Waals surface area contributed by atoms with Crippen molar-refractivity contribution in [3.63, 3.8) is 0 Å². The Morgan fingerprint density at radius 3 is 3.04 bits per heavy atom. The van der Waals surface area contributed by atoms with Gasteiger partial charge in [-0.15, -0.1) is 11.3 Å². The minimum Gasteiger partial charge on any atom is -0.393 e. The van der Waals surface area contributed by atoms with E-state index in [0.29, 0.717) is 19.6 Å². The van der Waals surface area contributed by atoms with Crippen LogP contribution in [-0.2, 0) is 17.7 Å². The number of nitrogens with zero attached hydrogens (tertiary/aromatic N) is 2. The second-order valence-corrected chi connectivity index (χ2v) is 7.13. The molecule has 23 heavy (non-hydrogen) atoms. The smallest absolute Gasteiger partial charge is 0.123 e. The van der Waals surface area contributed by atoms with E-state index in [-0.39, 0.29) is 12.4 Å². The van der Waals surface area contributed by atoms with Gasteiger partial charge in [0.05, 0.1) is 23.9 Å². The van der Waals surface area contributed by atoms with E-state index in [9.17, 15) is 9.50 Å². The van der Waals surface area contributed by atoms with Gasteiger partial charge in [0.1, 0.15) is 11.4 Å². The van der Waals surface area contributed by atoms with Gasteiger partial charge in [0.2, 0.25) is 0 Å². The topological polar surface area (TPSA) is 45.6 Å². The van der Waals surface area contributed by atoms with E-state index in [1.165, 1.54) is 12.1 Å². The molecule has 1 N–H and O–H groups in total. The number of aryl methyl sites for hydroxylation is 1. The number of aliphatic hydroxyl groups excluding tert-OH is 1. The number of rotatable bonds is 5. The molecule has 1 aromatic heterocycles. The molecule has 2 aromatic rings. The van der Waals surface area contributed by atoms with E-state index in [0.717, 1.165) is 29.4 Å². The van der Waals surface area contributed by atoms with Gasteiger partial charge in [-0.3, -0.25) is 4.90 Å². The van der Waals surface area contributed by atoms with Crippen LogP contribution in [0.4, 0.5) is 4.39 Å². The van der Waals surface area contributed by atoms with E-state index >= 15 is 0 Å². The molecule has 2 heterocycles. The van der Waals surface area contributed by atoms with Crippen LogP contribution in [0.1, 0.15) is 16.3 Å². The lowest BCUT2D eigenvalue weighted by Crippen LogP contribution is -2.55. The van der Waals surface area contributed by atoms with Crippen molar-refractivity contribution in [2.24, 2.45) is 0 Å². The molecule has 1 atom stereocenters. The number of ether oxygens (including phenoxy) is 1. The monoisotopic (exact) mass is 336 g/mol. The summed E-state index contributed by atoms with van der Waals surface area (Å²) in [7, 11) is 0. The molecular weight excluding hydrogens is 315 g/mol. The van der Waals surface area contributed by atoms with Crippen molar-refractivity contribution in [1.82, 2.24) is 9.88 Å². The number of thiazole rings is 1. The molecule has 0 radical (unpaired) electrons. The molecular formula is C17H21FN2O2S. The molecule has 0 saturated carbocycles. The van der Waals surface area contributed by atoms with Gasteiger partial charge in [-0.1, -0.05) is 12.1 Å². The first kappa shape index (κ1) is 16.5. The van der Waals surface area contributed by atoms with Crippen molar-refractivity contribution in [3.05, 3.63) is 51.7 Å². The Bertz CT molecular complexity index is 664. The standard InChI is InChI=1S/C17H21FN2O2S/c1-13-19-16(10-23-13)9-20-5-6-22-17(11-20,12-21)8-14-3-2-4-15(18)7-14/h2-4,7,10,21H,5-6,8-9,11-12H2,1H3. The number of aliphatic hydroxyl groups is 1.